The van der Waals surface area contributed by atoms with E-state index in [1.807, 2.05) is 25.3 Å². The van der Waals surface area contributed by atoms with E-state index in [9.17, 15) is 18.0 Å². The predicted molar refractivity (Wildman–Crippen MR) is 130 cm³/mol. The lowest BCUT2D eigenvalue weighted by molar-refractivity contribution is -0.116. The average molecular weight is 487 g/mol. The number of aryl methyl sites for hydroxylation is 2. The van der Waals surface area contributed by atoms with Crippen LogP contribution in [-0.4, -0.2) is 54.3 Å². The van der Waals surface area contributed by atoms with E-state index in [4.69, 9.17) is 0 Å². The van der Waals surface area contributed by atoms with E-state index in [2.05, 4.69) is 15.0 Å². The number of nitrogens with one attached hydrogen (secondary N) is 1. The molecule has 2 aromatic carbocycles. The molecule has 1 aromatic heterocycles. The molecular weight excluding hydrogens is 456 g/mol. The second kappa shape index (κ2) is 10.8. The smallest absolute Gasteiger partial charge is 0.337 e. The average Bonchev–Trinajstić information content (AvgIpc) is 3.20. The largest absolute Gasteiger partial charge is 0.465 e. The van der Waals surface area contributed by atoms with Gasteiger partial charge in [0, 0.05) is 38.2 Å². The number of benzene rings is 2. The molecule has 0 aliphatic rings. The Morgan fingerprint density at radius 2 is 1.74 bits per heavy atom. The number of methoxy groups -OCH3 is 1. The van der Waals surface area contributed by atoms with Gasteiger partial charge in [-0.25, -0.2) is 18.2 Å². The Bertz CT molecular complexity index is 1280. The van der Waals surface area contributed by atoms with Gasteiger partial charge in [-0.05, 0) is 49.4 Å². The van der Waals surface area contributed by atoms with Gasteiger partial charge in [-0.3, -0.25) is 4.79 Å². The Balaban J connectivity index is 1.75. The van der Waals surface area contributed by atoms with E-state index in [0.29, 0.717) is 48.6 Å². The number of aromatic nitrogens is 2. The Morgan fingerprint density at radius 1 is 1.06 bits per heavy atom. The van der Waals surface area contributed by atoms with Crippen LogP contribution in [0.3, 0.4) is 0 Å². The molecule has 10 heteroatoms. The normalized spacial score (nSPS) is 11.7. The van der Waals surface area contributed by atoms with Crippen molar-refractivity contribution < 1.29 is 22.7 Å². The fourth-order valence-electron chi connectivity index (χ4n) is 3.83. The van der Waals surface area contributed by atoms with Gasteiger partial charge in [0.05, 0.1) is 28.6 Å². The van der Waals surface area contributed by atoms with Crippen molar-refractivity contribution in [3.05, 3.63) is 53.9 Å². The molecule has 0 spiro atoms. The molecular formula is C24H30N4O5S. The second-order valence-corrected chi connectivity index (χ2v) is 9.57. The molecule has 0 radical (unpaired) electrons. The quantitative estimate of drug-likeness (QED) is 0.440. The minimum atomic E-state index is -3.58. The summed E-state index contributed by atoms with van der Waals surface area (Å²) in [5.74, 6) is 0.0841. The van der Waals surface area contributed by atoms with Crippen LogP contribution in [0.15, 0.2) is 47.4 Å². The van der Waals surface area contributed by atoms with Gasteiger partial charge in [0.25, 0.3) is 0 Å². The molecule has 0 saturated heterocycles. The lowest BCUT2D eigenvalue weighted by Crippen LogP contribution is -2.30. The minimum absolute atomic E-state index is 0.190. The van der Waals surface area contributed by atoms with Gasteiger partial charge >= 0.3 is 5.97 Å². The number of carbonyl (C=O) groups excluding carboxylic acids is 2. The maximum atomic E-state index is 12.9. The van der Waals surface area contributed by atoms with E-state index < -0.39 is 16.0 Å². The van der Waals surface area contributed by atoms with Crippen LogP contribution >= 0.6 is 0 Å². The van der Waals surface area contributed by atoms with Gasteiger partial charge in [-0.15, -0.1) is 0 Å². The van der Waals surface area contributed by atoms with Crippen LogP contribution in [0.25, 0.3) is 11.0 Å². The van der Waals surface area contributed by atoms with Crippen molar-refractivity contribution in [1.82, 2.24) is 13.9 Å². The zero-order valence-electron chi connectivity index (χ0n) is 19.9. The third-order valence-corrected chi connectivity index (χ3v) is 7.67. The number of amides is 1. The molecule has 182 valence electrons. The summed E-state index contributed by atoms with van der Waals surface area (Å²) in [6.45, 7) is 7.03. The first-order chi connectivity index (χ1) is 16.2. The van der Waals surface area contributed by atoms with Crippen molar-refractivity contribution in [2.24, 2.45) is 0 Å². The van der Waals surface area contributed by atoms with Crippen LogP contribution in [-0.2, 0) is 32.5 Å². The van der Waals surface area contributed by atoms with Crippen LogP contribution < -0.4 is 5.32 Å². The summed E-state index contributed by atoms with van der Waals surface area (Å²) in [7, 11) is -2.27. The van der Waals surface area contributed by atoms with Gasteiger partial charge in [0.15, 0.2) is 0 Å². The highest BCUT2D eigenvalue weighted by Crippen LogP contribution is 2.23. The van der Waals surface area contributed by atoms with Crippen molar-refractivity contribution in [3.8, 4) is 0 Å². The Hall–Kier alpha value is -3.24. The minimum Gasteiger partial charge on any atom is -0.465 e. The summed E-state index contributed by atoms with van der Waals surface area (Å²) < 4.78 is 33.8. The summed E-state index contributed by atoms with van der Waals surface area (Å²) in [5, 5.41) is 2.81. The van der Waals surface area contributed by atoms with E-state index in [1.54, 1.807) is 42.5 Å². The lowest BCUT2D eigenvalue weighted by atomic mass is 10.2. The van der Waals surface area contributed by atoms with Crippen molar-refractivity contribution >= 4 is 38.6 Å². The topological polar surface area (TPSA) is 111 Å². The van der Waals surface area contributed by atoms with Gasteiger partial charge in [-0.1, -0.05) is 13.8 Å². The molecule has 1 N–H and O–H groups in total. The number of hydrogen-bond donors (Lipinski definition) is 1. The highest BCUT2D eigenvalue weighted by Gasteiger charge is 2.23. The molecule has 0 fully saturated rings. The number of hydrogen-bond acceptors (Lipinski definition) is 6. The molecule has 0 aliphatic heterocycles. The number of sulfonamides is 1. The van der Waals surface area contributed by atoms with Crippen LogP contribution in [0, 0.1) is 0 Å². The van der Waals surface area contributed by atoms with Gasteiger partial charge < -0.3 is 14.6 Å². The number of nitrogens with zero attached hydrogens (tertiary/aromatic N) is 3. The number of anilines is 1. The molecule has 34 heavy (non-hydrogen) atoms. The summed E-state index contributed by atoms with van der Waals surface area (Å²) in [6, 6.07) is 11.4. The third-order valence-electron chi connectivity index (χ3n) is 5.62. The maximum Gasteiger partial charge on any atom is 0.337 e. The summed E-state index contributed by atoms with van der Waals surface area (Å²) in [4.78, 5) is 28.9. The van der Waals surface area contributed by atoms with Crippen LogP contribution in [0.4, 0.5) is 5.69 Å². The SMILES string of the molecule is CCN(CC)S(=O)(=O)c1ccc2c(c1)nc(CCC(=O)Nc1ccc(C(=O)OC)cc1)n2CC. The molecule has 0 saturated carbocycles. The summed E-state index contributed by atoms with van der Waals surface area (Å²) >= 11 is 0. The molecule has 0 aliphatic carbocycles. The van der Waals surface area contributed by atoms with Gasteiger partial charge in [0.2, 0.25) is 15.9 Å². The molecule has 0 unspecified atom stereocenters. The standard InChI is InChI=1S/C24H30N4O5S/c1-5-27(6-2)34(31,32)19-12-13-21-20(16-19)26-22(28(21)7-3)14-15-23(29)25-18-10-8-17(9-11-18)24(30)33-4/h8-13,16H,5-7,14-15H2,1-4H3,(H,25,29). The number of esters is 1. The zero-order chi connectivity index (χ0) is 24.9. The monoisotopic (exact) mass is 486 g/mol. The third kappa shape index (κ3) is 5.28. The van der Waals surface area contributed by atoms with Crippen molar-refractivity contribution in [2.75, 3.05) is 25.5 Å². The summed E-state index contributed by atoms with van der Waals surface area (Å²) in [6.07, 6.45) is 0.597. The molecule has 3 aromatic rings. The number of carbonyl (C=O) groups is 2. The molecule has 1 heterocycles. The second-order valence-electron chi connectivity index (χ2n) is 7.63. The predicted octanol–water partition coefficient (Wildman–Crippen LogP) is 3.44. The first-order valence-corrected chi connectivity index (χ1v) is 12.7. The highest BCUT2D eigenvalue weighted by molar-refractivity contribution is 7.89. The first kappa shape index (κ1) is 25.4. The molecule has 0 bridgehead atoms. The molecule has 9 nitrogen and oxygen atoms in total. The Kier molecular flexibility index (Phi) is 8.06. The van der Waals surface area contributed by atoms with Crippen molar-refractivity contribution in [3.63, 3.8) is 0 Å². The van der Waals surface area contributed by atoms with E-state index >= 15 is 0 Å². The fourth-order valence-corrected chi connectivity index (χ4v) is 5.31. The van der Waals surface area contributed by atoms with Crippen LogP contribution in [0.5, 0.6) is 0 Å². The Labute approximate surface area is 199 Å². The fraction of sp³-hybridized carbons (Fsp3) is 0.375. The van der Waals surface area contributed by atoms with Gasteiger partial charge in [-0.2, -0.15) is 4.31 Å². The number of imidazole rings is 1. The highest BCUT2D eigenvalue weighted by atomic mass is 32.2. The van der Waals surface area contributed by atoms with Crippen molar-refractivity contribution in [1.29, 1.82) is 0 Å². The van der Waals surface area contributed by atoms with E-state index in [0.717, 1.165) is 5.52 Å². The van der Waals surface area contributed by atoms with Crippen LogP contribution in [0.2, 0.25) is 0 Å². The zero-order valence-corrected chi connectivity index (χ0v) is 20.7. The Morgan fingerprint density at radius 3 is 2.32 bits per heavy atom. The van der Waals surface area contributed by atoms with E-state index in [-0.39, 0.29) is 17.2 Å². The number of fused-ring (bicyclic) bond motifs is 1. The number of rotatable bonds is 10. The number of ether oxygens (including phenoxy) is 1. The van der Waals surface area contributed by atoms with Crippen molar-refractivity contribution in [2.45, 2.75) is 45.1 Å². The first-order valence-electron chi connectivity index (χ1n) is 11.2. The molecule has 0 atom stereocenters. The summed E-state index contributed by atoms with van der Waals surface area (Å²) in [5.41, 5.74) is 2.39. The lowest BCUT2D eigenvalue weighted by Gasteiger charge is -2.18. The molecule has 1 amide bonds. The maximum absolute atomic E-state index is 12.9. The van der Waals surface area contributed by atoms with Gasteiger partial charge in [0.1, 0.15) is 5.82 Å². The molecule has 3 rings (SSSR count). The van der Waals surface area contributed by atoms with Crippen LogP contribution in [0.1, 0.15) is 43.4 Å². The van der Waals surface area contributed by atoms with E-state index in [1.165, 1.54) is 11.4 Å².